The monoisotopic (exact) mass is 225 g/mol. The molecule has 0 aliphatic heterocycles. The Balaban J connectivity index is 2.64. The van der Waals surface area contributed by atoms with Crippen LogP contribution >= 0.6 is 0 Å². The number of rotatable bonds is 5. The molecular weight excluding hydrogens is 210 g/mol. The number of nitrogens with one attached hydrogen (secondary N) is 1. The molecule has 0 fully saturated rings. The van der Waals surface area contributed by atoms with Crippen LogP contribution in [0.1, 0.15) is 17.4 Å². The molecule has 1 heterocycles. The fourth-order valence-electron chi connectivity index (χ4n) is 0.997. The van der Waals surface area contributed by atoms with Crippen molar-refractivity contribution in [3.8, 4) is 0 Å². The molecule has 0 aliphatic carbocycles. The van der Waals surface area contributed by atoms with Crippen molar-refractivity contribution in [1.29, 1.82) is 0 Å². The maximum absolute atomic E-state index is 11.2. The quantitative estimate of drug-likeness (QED) is 0.701. The van der Waals surface area contributed by atoms with Crippen LogP contribution in [0.3, 0.4) is 0 Å². The van der Waals surface area contributed by atoms with Crippen LogP contribution in [0.25, 0.3) is 0 Å². The first kappa shape index (κ1) is 12.4. The molecule has 1 rings (SSSR count). The number of esters is 1. The molecule has 0 aliphatic rings. The van der Waals surface area contributed by atoms with Crippen molar-refractivity contribution in [2.24, 2.45) is 5.92 Å². The lowest BCUT2D eigenvalue weighted by atomic mass is 10.2. The molecule has 6 nitrogen and oxygen atoms in total. The zero-order valence-electron chi connectivity index (χ0n) is 9.30. The zero-order valence-corrected chi connectivity index (χ0v) is 9.30. The summed E-state index contributed by atoms with van der Waals surface area (Å²) in [5.74, 6) is 0.0816. The normalized spacial score (nSPS) is 11.9. The number of carbonyl (C=O) groups is 1. The maximum Gasteiger partial charge on any atom is 0.358 e. The van der Waals surface area contributed by atoms with Crippen molar-refractivity contribution >= 4 is 11.8 Å². The topological polar surface area (TPSA) is 84.3 Å². The summed E-state index contributed by atoms with van der Waals surface area (Å²) in [6, 6.07) is 0. The first-order valence-corrected chi connectivity index (χ1v) is 4.92. The largest absolute Gasteiger partial charge is 0.464 e. The minimum absolute atomic E-state index is 0.0944. The van der Waals surface area contributed by atoms with Gasteiger partial charge in [0.1, 0.15) is 5.82 Å². The molecule has 1 aromatic heterocycles. The standard InChI is InChI=1S/C10H15N3O3/c1-7(6-14)3-12-9-5-11-4-8(13-9)10(15)16-2/h4-5,7,14H,3,6H2,1-2H3,(H,12,13). The highest BCUT2D eigenvalue weighted by Crippen LogP contribution is 2.04. The molecule has 0 bridgehead atoms. The second-order valence-electron chi connectivity index (χ2n) is 3.45. The highest BCUT2D eigenvalue weighted by molar-refractivity contribution is 5.87. The van der Waals surface area contributed by atoms with E-state index in [1.165, 1.54) is 19.5 Å². The molecule has 1 unspecified atom stereocenters. The number of methoxy groups -OCH3 is 1. The van der Waals surface area contributed by atoms with E-state index in [9.17, 15) is 4.79 Å². The van der Waals surface area contributed by atoms with Gasteiger partial charge >= 0.3 is 5.97 Å². The van der Waals surface area contributed by atoms with Crippen LogP contribution in [-0.2, 0) is 4.74 Å². The second-order valence-corrected chi connectivity index (χ2v) is 3.45. The van der Waals surface area contributed by atoms with Gasteiger partial charge in [-0.3, -0.25) is 4.98 Å². The van der Waals surface area contributed by atoms with Crippen LogP contribution in [0.5, 0.6) is 0 Å². The highest BCUT2D eigenvalue weighted by Gasteiger charge is 2.08. The first-order valence-electron chi connectivity index (χ1n) is 4.92. The van der Waals surface area contributed by atoms with Crippen molar-refractivity contribution < 1.29 is 14.6 Å². The molecule has 0 aromatic carbocycles. The Bertz CT molecular complexity index is 357. The summed E-state index contributed by atoms with van der Waals surface area (Å²) in [5.41, 5.74) is 0.157. The van der Waals surface area contributed by atoms with Crippen LogP contribution < -0.4 is 5.32 Å². The van der Waals surface area contributed by atoms with E-state index < -0.39 is 5.97 Å². The number of hydrogen-bond donors (Lipinski definition) is 2. The summed E-state index contributed by atoms with van der Waals surface area (Å²) in [7, 11) is 1.29. The van der Waals surface area contributed by atoms with Crippen molar-refractivity contribution in [3.05, 3.63) is 18.1 Å². The minimum atomic E-state index is -0.522. The van der Waals surface area contributed by atoms with E-state index in [0.29, 0.717) is 12.4 Å². The number of aliphatic hydroxyl groups is 1. The SMILES string of the molecule is COC(=O)c1cncc(NCC(C)CO)n1. The van der Waals surface area contributed by atoms with Gasteiger partial charge in [-0.05, 0) is 5.92 Å². The van der Waals surface area contributed by atoms with Crippen molar-refractivity contribution in [1.82, 2.24) is 9.97 Å². The highest BCUT2D eigenvalue weighted by atomic mass is 16.5. The lowest BCUT2D eigenvalue weighted by Crippen LogP contribution is -2.16. The van der Waals surface area contributed by atoms with Gasteiger partial charge in [-0.2, -0.15) is 0 Å². The second kappa shape index (κ2) is 6.02. The van der Waals surface area contributed by atoms with Gasteiger partial charge in [0.15, 0.2) is 5.69 Å². The van der Waals surface area contributed by atoms with E-state index in [1.54, 1.807) is 0 Å². The average molecular weight is 225 g/mol. The third kappa shape index (κ3) is 3.47. The molecule has 0 saturated heterocycles. The van der Waals surface area contributed by atoms with E-state index in [-0.39, 0.29) is 18.2 Å². The lowest BCUT2D eigenvalue weighted by Gasteiger charge is -2.09. The van der Waals surface area contributed by atoms with Gasteiger partial charge in [0.25, 0.3) is 0 Å². The van der Waals surface area contributed by atoms with Crippen molar-refractivity contribution in [2.75, 3.05) is 25.6 Å². The molecule has 0 amide bonds. The lowest BCUT2D eigenvalue weighted by molar-refractivity contribution is 0.0593. The number of hydrogen-bond acceptors (Lipinski definition) is 6. The first-order chi connectivity index (χ1) is 7.67. The molecular formula is C10H15N3O3. The Hall–Kier alpha value is -1.69. The fraction of sp³-hybridized carbons (Fsp3) is 0.500. The van der Waals surface area contributed by atoms with Gasteiger partial charge in [-0.25, -0.2) is 9.78 Å². The summed E-state index contributed by atoms with van der Waals surface area (Å²) in [4.78, 5) is 19.1. The third-order valence-electron chi connectivity index (χ3n) is 1.97. The van der Waals surface area contributed by atoms with Crippen LogP contribution in [0.4, 0.5) is 5.82 Å². The van der Waals surface area contributed by atoms with Gasteiger partial charge in [0, 0.05) is 13.2 Å². The molecule has 0 saturated carbocycles. The maximum atomic E-state index is 11.2. The average Bonchev–Trinajstić information content (AvgIpc) is 2.35. The summed E-state index contributed by atoms with van der Waals surface area (Å²) in [6.07, 6.45) is 2.85. The van der Waals surface area contributed by atoms with E-state index in [2.05, 4.69) is 20.0 Å². The Morgan fingerprint density at radius 3 is 3.00 bits per heavy atom. The molecule has 6 heteroatoms. The van der Waals surface area contributed by atoms with Gasteiger partial charge in [0.2, 0.25) is 0 Å². The van der Waals surface area contributed by atoms with Gasteiger partial charge < -0.3 is 15.2 Å². The Morgan fingerprint density at radius 2 is 2.38 bits per heavy atom. The van der Waals surface area contributed by atoms with Crippen LogP contribution in [-0.4, -0.2) is 41.3 Å². The van der Waals surface area contributed by atoms with Crippen molar-refractivity contribution in [2.45, 2.75) is 6.92 Å². The number of ether oxygens (including phenoxy) is 1. The summed E-state index contributed by atoms with van der Waals surface area (Å²) < 4.78 is 4.53. The molecule has 2 N–H and O–H groups in total. The molecule has 0 radical (unpaired) electrons. The summed E-state index contributed by atoms with van der Waals surface area (Å²) >= 11 is 0. The van der Waals surface area contributed by atoms with E-state index in [0.717, 1.165) is 0 Å². The van der Waals surface area contributed by atoms with E-state index >= 15 is 0 Å². The number of aliphatic hydroxyl groups excluding tert-OH is 1. The molecule has 16 heavy (non-hydrogen) atoms. The number of aromatic nitrogens is 2. The molecule has 1 aromatic rings. The van der Waals surface area contributed by atoms with Gasteiger partial charge in [-0.1, -0.05) is 6.92 Å². The van der Waals surface area contributed by atoms with Crippen LogP contribution in [0.2, 0.25) is 0 Å². The van der Waals surface area contributed by atoms with Gasteiger partial charge in [0.05, 0.1) is 19.5 Å². The number of anilines is 1. The third-order valence-corrected chi connectivity index (χ3v) is 1.97. The zero-order chi connectivity index (χ0) is 12.0. The Morgan fingerprint density at radius 1 is 1.62 bits per heavy atom. The predicted octanol–water partition coefficient (Wildman–Crippen LogP) is 0.303. The van der Waals surface area contributed by atoms with Crippen molar-refractivity contribution in [3.63, 3.8) is 0 Å². The summed E-state index contributed by atoms with van der Waals surface area (Å²) in [5, 5.41) is 11.8. The molecule has 88 valence electrons. The van der Waals surface area contributed by atoms with Crippen LogP contribution in [0.15, 0.2) is 12.4 Å². The van der Waals surface area contributed by atoms with Crippen LogP contribution in [0, 0.1) is 5.92 Å². The smallest absolute Gasteiger partial charge is 0.358 e. The Kier molecular flexibility index (Phi) is 4.65. The fourth-order valence-corrected chi connectivity index (χ4v) is 0.997. The van der Waals surface area contributed by atoms with Gasteiger partial charge in [-0.15, -0.1) is 0 Å². The number of nitrogens with zero attached hydrogens (tertiary/aromatic N) is 2. The summed E-state index contributed by atoms with van der Waals surface area (Å²) in [6.45, 7) is 2.55. The molecule has 0 spiro atoms. The number of carbonyl (C=O) groups excluding carboxylic acids is 1. The van der Waals surface area contributed by atoms with E-state index in [4.69, 9.17) is 5.11 Å². The molecule has 1 atom stereocenters. The Labute approximate surface area is 93.7 Å². The van der Waals surface area contributed by atoms with E-state index in [1.807, 2.05) is 6.92 Å². The minimum Gasteiger partial charge on any atom is -0.464 e. The predicted molar refractivity (Wildman–Crippen MR) is 58.1 cm³/mol.